The molecule has 0 saturated heterocycles. The Balaban J connectivity index is 0.00000420. The van der Waals surface area contributed by atoms with E-state index >= 15 is 0 Å². The first-order valence-corrected chi connectivity index (χ1v) is 9.68. The molecule has 0 aliphatic rings. The molecule has 2 rings (SSSR count). The molecule has 0 aliphatic carbocycles. The van der Waals surface area contributed by atoms with Gasteiger partial charge in [-0.1, -0.05) is 44.2 Å². The van der Waals surface area contributed by atoms with Crippen molar-refractivity contribution in [2.24, 2.45) is 10.7 Å². The number of halogens is 1. The van der Waals surface area contributed by atoms with Crippen LogP contribution in [0.2, 0.25) is 0 Å². The van der Waals surface area contributed by atoms with E-state index in [1.54, 1.807) is 14.2 Å². The predicted octanol–water partition coefficient (Wildman–Crippen LogP) is 4.00. The third-order valence-corrected chi connectivity index (χ3v) is 4.77. The summed E-state index contributed by atoms with van der Waals surface area (Å²) in [5.74, 6) is 1.70. The topological polar surface area (TPSA) is 72.1 Å². The van der Waals surface area contributed by atoms with Crippen molar-refractivity contribution in [3.05, 3.63) is 54.1 Å². The molecule has 0 radical (unpaired) electrons. The van der Waals surface area contributed by atoms with Gasteiger partial charge in [0, 0.05) is 17.8 Å². The normalized spacial score (nSPS) is 12.2. The Hall–Kier alpha value is -2.00. The van der Waals surface area contributed by atoms with Crippen molar-refractivity contribution < 1.29 is 9.47 Å². The van der Waals surface area contributed by atoms with E-state index in [-0.39, 0.29) is 24.0 Å². The van der Waals surface area contributed by atoms with Gasteiger partial charge in [0.05, 0.1) is 20.8 Å². The van der Waals surface area contributed by atoms with Gasteiger partial charge in [-0.25, -0.2) is 0 Å². The van der Waals surface area contributed by atoms with Crippen LogP contribution in [0.1, 0.15) is 19.4 Å². The van der Waals surface area contributed by atoms with Crippen molar-refractivity contribution in [3.8, 4) is 11.5 Å². The van der Waals surface area contributed by atoms with Gasteiger partial charge in [-0.15, -0.1) is 24.0 Å². The lowest BCUT2D eigenvalue weighted by Crippen LogP contribution is -2.39. The lowest BCUT2D eigenvalue weighted by molar-refractivity contribution is 0.220. The van der Waals surface area contributed by atoms with Crippen LogP contribution in [-0.4, -0.2) is 50.8 Å². The quantitative estimate of drug-likeness (QED) is 0.286. The summed E-state index contributed by atoms with van der Waals surface area (Å²) in [5.41, 5.74) is 8.25. The Morgan fingerprint density at radius 1 is 1.03 bits per heavy atom. The molecule has 0 aliphatic heterocycles. The van der Waals surface area contributed by atoms with E-state index in [0.29, 0.717) is 30.0 Å². The second-order valence-electron chi connectivity index (χ2n) is 6.49. The largest absolute Gasteiger partial charge is 0.493 e. The molecule has 160 valence electrons. The van der Waals surface area contributed by atoms with Crippen LogP contribution in [0.15, 0.2) is 53.5 Å². The van der Waals surface area contributed by atoms with E-state index < -0.39 is 0 Å². The highest BCUT2D eigenvalue weighted by molar-refractivity contribution is 14.0. The molecule has 0 amide bonds. The molecule has 0 aromatic heterocycles. The minimum absolute atomic E-state index is 0. The monoisotopic (exact) mass is 512 g/mol. The van der Waals surface area contributed by atoms with Gasteiger partial charge >= 0.3 is 0 Å². The maximum absolute atomic E-state index is 6.14. The van der Waals surface area contributed by atoms with Gasteiger partial charge in [-0.2, -0.15) is 0 Å². The summed E-state index contributed by atoms with van der Waals surface area (Å²) < 4.78 is 10.6. The molecule has 0 spiro atoms. The minimum atomic E-state index is 0. The average molecular weight is 512 g/mol. The number of nitrogens with zero attached hydrogens (tertiary/aromatic N) is 2. The third-order valence-electron chi connectivity index (χ3n) is 4.77. The van der Waals surface area contributed by atoms with E-state index in [1.807, 2.05) is 24.3 Å². The van der Waals surface area contributed by atoms with E-state index in [0.717, 1.165) is 25.2 Å². The van der Waals surface area contributed by atoms with Gasteiger partial charge < -0.3 is 20.5 Å². The molecule has 0 saturated carbocycles. The van der Waals surface area contributed by atoms with E-state index in [1.165, 1.54) is 5.56 Å². The van der Waals surface area contributed by atoms with Gasteiger partial charge in [-0.05, 0) is 37.2 Å². The summed E-state index contributed by atoms with van der Waals surface area (Å²) >= 11 is 0. The summed E-state index contributed by atoms with van der Waals surface area (Å²) in [6.45, 7) is 6.94. The number of hydrogen-bond donors (Lipinski definition) is 2. The Morgan fingerprint density at radius 3 is 2.28 bits per heavy atom. The number of likely N-dealkylation sites (N-methyl/N-ethyl adjacent to an activating group) is 1. The highest BCUT2D eigenvalue weighted by atomic mass is 127. The molecule has 29 heavy (non-hydrogen) atoms. The zero-order valence-electron chi connectivity index (χ0n) is 17.7. The fraction of sp³-hybridized carbons (Fsp3) is 0.409. The van der Waals surface area contributed by atoms with Crippen molar-refractivity contribution in [1.29, 1.82) is 0 Å². The number of aliphatic imine (C=N–C) groups is 1. The average Bonchev–Trinajstić information content (AvgIpc) is 2.73. The Kier molecular flexibility index (Phi) is 11.5. The van der Waals surface area contributed by atoms with Crippen molar-refractivity contribution in [2.75, 3.05) is 39.2 Å². The van der Waals surface area contributed by atoms with E-state index in [4.69, 9.17) is 15.2 Å². The van der Waals surface area contributed by atoms with Crippen molar-refractivity contribution >= 4 is 35.6 Å². The maximum Gasteiger partial charge on any atom is 0.193 e. The summed E-state index contributed by atoms with van der Waals surface area (Å²) in [6.07, 6.45) is 0.940. The van der Waals surface area contributed by atoms with Gasteiger partial charge in [0.15, 0.2) is 17.5 Å². The Morgan fingerprint density at radius 2 is 1.69 bits per heavy atom. The van der Waals surface area contributed by atoms with Crippen LogP contribution in [0.25, 0.3) is 0 Å². The van der Waals surface area contributed by atoms with E-state index in [9.17, 15) is 0 Å². The number of guanidine groups is 1. The summed E-state index contributed by atoms with van der Waals surface area (Å²) in [5, 5.41) is 3.14. The van der Waals surface area contributed by atoms with Crippen LogP contribution in [0.4, 0.5) is 5.69 Å². The van der Waals surface area contributed by atoms with Gasteiger partial charge in [0.25, 0.3) is 0 Å². The Labute approximate surface area is 191 Å². The molecule has 6 nitrogen and oxygen atoms in total. The number of anilines is 1. The molecule has 0 heterocycles. The smallest absolute Gasteiger partial charge is 0.193 e. The number of hydrogen-bond acceptors (Lipinski definition) is 4. The number of nitrogens with two attached hydrogens (primary N) is 1. The summed E-state index contributed by atoms with van der Waals surface area (Å²) in [7, 11) is 3.22. The van der Waals surface area contributed by atoms with Gasteiger partial charge in [0.1, 0.15) is 0 Å². The van der Waals surface area contributed by atoms with Crippen LogP contribution in [0.5, 0.6) is 11.5 Å². The molecule has 1 atom stereocenters. The molecule has 2 aromatic rings. The fourth-order valence-corrected chi connectivity index (χ4v) is 3.24. The minimum Gasteiger partial charge on any atom is -0.493 e. The first kappa shape index (κ1) is 25.0. The number of rotatable bonds is 10. The zero-order chi connectivity index (χ0) is 20.4. The standard InChI is InChI=1S/C22H32N4O2.HI/c1-5-26(6-2)19(14-17-10-8-7-9-11-17)16-24-22(23)25-18-12-13-20(27-3)21(15-18)28-4;/h7-13,15,19H,5-6,14,16H2,1-4H3,(H3,23,24,25);1H. The predicted molar refractivity (Wildman–Crippen MR) is 132 cm³/mol. The van der Waals surface area contributed by atoms with Crippen LogP contribution in [-0.2, 0) is 6.42 Å². The highest BCUT2D eigenvalue weighted by Crippen LogP contribution is 2.29. The SMILES string of the molecule is CCN(CC)C(CN=C(N)Nc1ccc(OC)c(OC)c1)Cc1ccccc1.I. The lowest BCUT2D eigenvalue weighted by atomic mass is 10.0. The second-order valence-corrected chi connectivity index (χ2v) is 6.49. The van der Waals surface area contributed by atoms with E-state index in [2.05, 4.69) is 53.3 Å². The van der Waals surface area contributed by atoms with Crippen molar-refractivity contribution in [3.63, 3.8) is 0 Å². The molecule has 0 bridgehead atoms. The van der Waals surface area contributed by atoms with Crippen LogP contribution in [0, 0.1) is 0 Å². The fourth-order valence-electron chi connectivity index (χ4n) is 3.24. The lowest BCUT2D eigenvalue weighted by Gasteiger charge is -2.28. The first-order valence-electron chi connectivity index (χ1n) is 9.68. The van der Waals surface area contributed by atoms with Gasteiger partial charge in [0.2, 0.25) is 0 Å². The number of methoxy groups -OCH3 is 2. The first-order chi connectivity index (χ1) is 13.6. The zero-order valence-corrected chi connectivity index (χ0v) is 20.1. The summed E-state index contributed by atoms with van der Waals surface area (Å²) in [6, 6.07) is 16.4. The summed E-state index contributed by atoms with van der Waals surface area (Å²) in [4.78, 5) is 7.02. The van der Waals surface area contributed by atoms with Crippen molar-refractivity contribution in [1.82, 2.24) is 4.90 Å². The maximum atomic E-state index is 6.14. The Bertz CT molecular complexity index is 752. The van der Waals surface area contributed by atoms with Crippen LogP contribution < -0.4 is 20.5 Å². The van der Waals surface area contributed by atoms with Gasteiger partial charge in [-0.3, -0.25) is 9.89 Å². The molecule has 1 unspecified atom stereocenters. The number of benzene rings is 2. The molecular weight excluding hydrogens is 479 g/mol. The molecule has 2 aromatic carbocycles. The number of ether oxygens (including phenoxy) is 2. The molecule has 7 heteroatoms. The second kappa shape index (κ2) is 13.3. The molecule has 3 N–H and O–H groups in total. The third kappa shape index (κ3) is 7.74. The van der Waals surface area contributed by atoms with Crippen LogP contribution in [0.3, 0.4) is 0 Å². The van der Waals surface area contributed by atoms with Crippen molar-refractivity contribution in [2.45, 2.75) is 26.3 Å². The van der Waals surface area contributed by atoms with Crippen LogP contribution >= 0.6 is 24.0 Å². The molecule has 0 fully saturated rings. The number of nitrogens with one attached hydrogen (secondary N) is 1. The molecular formula is C22H33IN4O2. The highest BCUT2D eigenvalue weighted by Gasteiger charge is 2.16.